The molecule has 1 amide bonds. The van der Waals surface area contributed by atoms with Crippen LogP contribution < -0.4 is 9.21 Å². The minimum atomic E-state index is -3.64. The third kappa shape index (κ3) is 3.58. The molecule has 0 radical (unpaired) electrons. The molecule has 0 aliphatic carbocycles. The number of aryl methyl sites for hydroxylation is 2. The molecule has 2 aromatic carbocycles. The van der Waals surface area contributed by atoms with Crippen molar-refractivity contribution in [1.29, 1.82) is 0 Å². The van der Waals surface area contributed by atoms with Crippen LogP contribution in [0.3, 0.4) is 0 Å². The monoisotopic (exact) mass is 386 g/mol. The van der Waals surface area contributed by atoms with Gasteiger partial charge in [0.05, 0.1) is 11.9 Å². The zero-order chi connectivity index (χ0) is 19.9. The molecule has 0 fully saturated rings. The summed E-state index contributed by atoms with van der Waals surface area (Å²) in [4.78, 5) is 15.1. The van der Waals surface area contributed by atoms with Crippen molar-refractivity contribution < 1.29 is 13.2 Å². The Labute approximate surface area is 161 Å². The van der Waals surface area contributed by atoms with Crippen molar-refractivity contribution >= 4 is 27.3 Å². The van der Waals surface area contributed by atoms with Crippen LogP contribution in [0.5, 0.6) is 0 Å². The number of carbonyl (C=O) groups excluding carboxylic acids is 1. The fraction of sp³-hybridized carbons (Fsp3) is 0.381. The predicted molar refractivity (Wildman–Crippen MR) is 110 cm³/mol. The highest BCUT2D eigenvalue weighted by atomic mass is 32.2. The Morgan fingerprint density at radius 1 is 1.19 bits per heavy atom. The van der Waals surface area contributed by atoms with Crippen molar-refractivity contribution in [3.8, 4) is 0 Å². The Morgan fingerprint density at radius 2 is 1.85 bits per heavy atom. The number of hydrogen-bond acceptors (Lipinski definition) is 3. The summed E-state index contributed by atoms with van der Waals surface area (Å²) in [5.41, 5.74) is 4.31. The Hall–Kier alpha value is -2.34. The standard InChI is InChI=1S/C21H26N2O3S/c1-14-10-11-15(2)20(12-14)23(27(5,25)26)17(4)21(24)22-16(3)13-18-8-6-7-9-19(18)22/h6-12,16-17H,13H2,1-5H3/t16-,17+/m0/s1. The van der Waals surface area contributed by atoms with E-state index in [2.05, 4.69) is 0 Å². The Morgan fingerprint density at radius 3 is 2.52 bits per heavy atom. The quantitative estimate of drug-likeness (QED) is 0.809. The van der Waals surface area contributed by atoms with Crippen molar-refractivity contribution in [3.63, 3.8) is 0 Å². The van der Waals surface area contributed by atoms with Gasteiger partial charge in [-0.05, 0) is 62.9 Å². The molecule has 1 aliphatic heterocycles. The van der Waals surface area contributed by atoms with E-state index in [4.69, 9.17) is 0 Å². The van der Waals surface area contributed by atoms with E-state index in [0.717, 1.165) is 35.1 Å². The van der Waals surface area contributed by atoms with E-state index < -0.39 is 16.1 Å². The van der Waals surface area contributed by atoms with Crippen molar-refractivity contribution in [2.45, 2.75) is 46.2 Å². The number of sulfonamides is 1. The summed E-state index contributed by atoms with van der Waals surface area (Å²) in [6, 6.07) is 12.6. The summed E-state index contributed by atoms with van der Waals surface area (Å²) in [5.74, 6) is -0.209. The van der Waals surface area contributed by atoms with E-state index in [-0.39, 0.29) is 11.9 Å². The summed E-state index contributed by atoms with van der Waals surface area (Å²) in [6.07, 6.45) is 1.93. The van der Waals surface area contributed by atoms with Gasteiger partial charge in [-0.15, -0.1) is 0 Å². The van der Waals surface area contributed by atoms with Gasteiger partial charge in [0.25, 0.3) is 5.91 Å². The largest absolute Gasteiger partial charge is 0.307 e. The van der Waals surface area contributed by atoms with E-state index in [9.17, 15) is 13.2 Å². The number of carbonyl (C=O) groups is 1. The second-order valence-electron chi connectivity index (χ2n) is 7.41. The average molecular weight is 387 g/mol. The molecule has 3 rings (SSSR count). The molecule has 0 aromatic heterocycles. The van der Waals surface area contributed by atoms with Crippen LogP contribution in [0.15, 0.2) is 42.5 Å². The molecule has 0 N–H and O–H groups in total. The molecule has 6 heteroatoms. The van der Waals surface area contributed by atoms with Gasteiger partial charge in [-0.2, -0.15) is 0 Å². The van der Waals surface area contributed by atoms with Crippen molar-refractivity contribution in [2.24, 2.45) is 0 Å². The number of nitrogens with zero attached hydrogens (tertiary/aromatic N) is 2. The second kappa shape index (κ2) is 7.00. The lowest BCUT2D eigenvalue weighted by Crippen LogP contribution is -2.51. The van der Waals surface area contributed by atoms with Crippen molar-refractivity contribution in [3.05, 3.63) is 59.2 Å². The van der Waals surface area contributed by atoms with E-state index in [0.29, 0.717) is 5.69 Å². The molecule has 2 atom stereocenters. The fourth-order valence-corrected chi connectivity index (χ4v) is 5.05. The third-order valence-corrected chi connectivity index (χ3v) is 6.34. The van der Waals surface area contributed by atoms with Gasteiger partial charge in [0, 0.05) is 11.7 Å². The van der Waals surface area contributed by atoms with Gasteiger partial charge in [-0.25, -0.2) is 8.42 Å². The van der Waals surface area contributed by atoms with Crippen LogP contribution in [-0.2, 0) is 21.2 Å². The Balaban J connectivity index is 2.04. The minimum Gasteiger partial charge on any atom is -0.307 e. The SMILES string of the molecule is Cc1ccc(C)c(N([C@H](C)C(=O)N2c3ccccc3C[C@@H]2C)S(C)(=O)=O)c1. The first-order valence-corrected chi connectivity index (χ1v) is 10.9. The maximum atomic E-state index is 13.4. The van der Waals surface area contributed by atoms with E-state index >= 15 is 0 Å². The fourth-order valence-electron chi connectivity index (χ4n) is 3.83. The van der Waals surface area contributed by atoms with Gasteiger partial charge in [0.2, 0.25) is 10.0 Å². The number of anilines is 2. The normalized spacial score (nSPS) is 17.5. The molecule has 2 aromatic rings. The lowest BCUT2D eigenvalue weighted by molar-refractivity contribution is -0.119. The predicted octanol–water partition coefficient (Wildman–Crippen LogP) is 3.44. The maximum absolute atomic E-state index is 13.4. The number of amides is 1. The van der Waals surface area contributed by atoms with Crippen LogP contribution in [0.2, 0.25) is 0 Å². The first-order chi connectivity index (χ1) is 12.6. The minimum absolute atomic E-state index is 0.00244. The summed E-state index contributed by atoms with van der Waals surface area (Å²) in [5, 5.41) is 0. The number of rotatable bonds is 4. The molecule has 1 aliphatic rings. The van der Waals surface area contributed by atoms with Gasteiger partial charge in [0.1, 0.15) is 6.04 Å². The Bertz CT molecular complexity index is 985. The zero-order valence-corrected chi connectivity index (χ0v) is 17.2. The summed E-state index contributed by atoms with van der Waals surface area (Å²) >= 11 is 0. The van der Waals surface area contributed by atoms with Gasteiger partial charge < -0.3 is 4.90 Å². The highest BCUT2D eigenvalue weighted by Gasteiger charge is 2.38. The molecule has 5 nitrogen and oxygen atoms in total. The van der Waals surface area contributed by atoms with Crippen molar-refractivity contribution in [2.75, 3.05) is 15.5 Å². The molecule has 144 valence electrons. The highest BCUT2D eigenvalue weighted by Crippen LogP contribution is 2.34. The molecule has 0 unspecified atom stereocenters. The number of benzene rings is 2. The zero-order valence-electron chi connectivity index (χ0n) is 16.4. The van der Waals surface area contributed by atoms with Gasteiger partial charge >= 0.3 is 0 Å². The molecule has 0 spiro atoms. The molecule has 0 bridgehead atoms. The van der Waals surface area contributed by atoms with Crippen LogP contribution >= 0.6 is 0 Å². The number of para-hydroxylation sites is 1. The van der Waals surface area contributed by atoms with Crippen LogP contribution in [-0.4, -0.2) is 32.7 Å². The van der Waals surface area contributed by atoms with Crippen LogP contribution in [0.1, 0.15) is 30.5 Å². The molecule has 27 heavy (non-hydrogen) atoms. The van der Waals surface area contributed by atoms with Crippen LogP contribution in [0.25, 0.3) is 0 Å². The highest BCUT2D eigenvalue weighted by molar-refractivity contribution is 7.92. The van der Waals surface area contributed by atoms with Crippen molar-refractivity contribution in [1.82, 2.24) is 0 Å². The first-order valence-electron chi connectivity index (χ1n) is 9.09. The molecular weight excluding hydrogens is 360 g/mol. The topological polar surface area (TPSA) is 57.7 Å². The van der Waals surface area contributed by atoms with Gasteiger partial charge in [-0.1, -0.05) is 30.3 Å². The lowest BCUT2D eigenvalue weighted by atomic mass is 10.1. The number of hydrogen-bond donors (Lipinski definition) is 0. The van der Waals surface area contributed by atoms with E-state index in [1.165, 1.54) is 4.31 Å². The lowest BCUT2D eigenvalue weighted by Gasteiger charge is -2.34. The van der Waals surface area contributed by atoms with Gasteiger partial charge in [-0.3, -0.25) is 9.10 Å². The summed E-state index contributed by atoms with van der Waals surface area (Å²) in [7, 11) is -3.64. The maximum Gasteiger partial charge on any atom is 0.250 e. The first kappa shape index (κ1) is 19.4. The average Bonchev–Trinajstić information content (AvgIpc) is 2.92. The molecule has 0 saturated carbocycles. The molecule has 0 saturated heterocycles. The van der Waals surface area contributed by atoms with Crippen LogP contribution in [0, 0.1) is 13.8 Å². The van der Waals surface area contributed by atoms with E-state index in [1.807, 2.05) is 63.2 Å². The Kier molecular flexibility index (Phi) is 5.04. The third-order valence-electron chi connectivity index (χ3n) is 5.11. The summed E-state index contributed by atoms with van der Waals surface area (Å²) in [6.45, 7) is 7.43. The van der Waals surface area contributed by atoms with Gasteiger partial charge in [0.15, 0.2) is 0 Å². The second-order valence-corrected chi connectivity index (χ2v) is 9.27. The smallest absolute Gasteiger partial charge is 0.250 e. The number of fused-ring (bicyclic) bond motifs is 1. The molecular formula is C21H26N2O3S. The summed E-state index contributed by atoms with van der Waals surface area (Å²) < 4.78 is 26.5. The van der Waals surface area contributed by atoms with E-state index in [1.54, 1.807) is 11.8 Å². The molecule has 1 heterocycles. The van der Waals surface area contributed by atoms with Crippen LogP contribution in [0.4, 0.5) is 11.4 Å².